The molecule has 126 valence electrons. The summed E-state index contributed by atoms with van der Waals surface area (Å²) in [5.74, 6) is -0.319. The highest BCUT2D eigenvalue weighted by molar-refractivity contribution is 7.89. The summed E-state index contributed by atoms with van der Waals surface area (Å²) in [6.07, 6.45) is 6.26. The van der Waals surface area contributed by atoms with E-state index in [2.05, 4.69) is 15.0 Å². The number of carbonyl (C=O) groups excluding carboxylic acids is 1. The Kier molecular flexibility index (Phi) is 6.48. The van der Waals surface area contributed by atoms with E-state index in [1.165, 1.54) is 18.2 Å². The molecule has 0 spiro atoms. The quantitative estimate of drug-likeness (QED) is 0.579. The number of hydrogen-bond acceptors (Lipinski definition) is 4. The van der Waals surface area contributed by atoms with E-state index in [9.17, 15) is 13.2 Å². The Morgan fingerprint density at radius 1 is 1.21 bits per heavy atom. The van der Waals surface area contributed by atoms with Crippen LogP contribution in [-0.4, -0.2) is 32.4 Å². The van der Waals surface area contributed by atoms with Crippen LogP contribution in [0.4, 0.5) is 0 Å². The van der Waals surface area contributed by atoms with Crippen molar-refractivity contribution < 1.29 is 13.2 Å². The minimum absolute atomic E-state index is 0.0708. The van der Waals surface area contributed by atoms with Gasteiger partial charge < -0.3 is 5.32 Å². The number of nitrogens with zero attached hydrogens (tertiary/aromatic N) is 1. The molecule has 0 radical (unpaired) electrons. The van der Waals surface area contributed by atoms with Crippen molar-refractivity contribution in [3.8, 4) is 0 Å². The van der Waals surface area contributed by atoms with E-state index in [0.29, 0.717) is 5.02 Å². The van der Waals surface area contributed by atoms with Crippen LogP contribution >= 0.6 is 11.6 Å². The first-order valence-electron chi connectivity index (χ1n) is 7.08. The highest BCUT2D eigenvalue weighted by Gasteiger charge is 2.13. The van der Waals surface area contributed by atoms with Gasteiger partial charge in [0.1, 0.15) is 0 Å². The van der Waals surface area contributed by atoms with Gasteiger partial charge in [-0.2, -0.15) is 0 Å². The Morgan fingerprint density at radius 2 is 2.04 bits per heavy atom. The van der Waals surface area contributed by atoms with E-state index in [1.807, 2.05) is 6.07 Å². The number of sulfonamides is 1. The van der Waals surface area contributed by atoms with Crippen molar-refractivity contribution in [2.45, 2.75) is 4.90 Å². The lowest BCUT2D eigenvalue weighted by Gasteiger charge is -2.07. The average molecular weight is 366 g/mol. The van der Waals surface area contributed by atoms with Crippen molar-refractivity contribution in [1.29, 1.82) is 0 Å². The molecule has 0 aliphatic rings. The first kappa shape index (κ1) is 18.1. The van der Waals surface area contributed by atoms with Crippen molar-refractivity contribution in [2.75, 3.05) is 13.1 Å². The van der Waals surface area contributed by atoms with E-state index >= 15 is 0 Å². The molecule has 0 aliphatic heterocycles. The Bertz CT molecular complexity index is 823. The molecular formula is C16H16ClN3O3S. The lowest BCUT2D eigenvalue weighted by molar-refractivity contribution is -0.116. The first-order chi connectivity index (χ1) is 11.5. The zero-order valence-corrected chi connectivity index (χ0v) is 14.2. The van der Waals surface area contributed by atoms with Crippen LogP contribution in [0.3, 0.4) is 0 Å². The van der Waals surface area contributed by atoms with Crippen LogP contribution in [0, 0.1) is 0 Å². The molecule has 2 N–H and O–H groups in total. The van der Waals surface area contributed by atoms with Crippen molar-refractivity contribution >= 4 is 33.6 Å². The molecule has 0 unspecified atom stereocenters. The van der Waals surface area contributed by atoms with Gasteiger partial charge >= 0.3 is 0 Å². The smallest absolute Gasteiger partial charge is 0.244 e. The van der Waals surface area contributed by atoms with Gasteiger partial charge in [-0.1, -0.05) is 23.7 Å². The number of nitrogens with one attached hydrogen (secondary N) is 2. The SMILES string of the molecule is O=C(/C=C/c1cccnc1)NCCNS(=O)(=O)c1cccc(Cl)c1. The molecule has 1 heterocycles. The standard InChI is InChI=1S/C16H16ClN3O3S/c17-14-4-1-5-15(11-14)24(22,23)20-10-9-19-16(21)7-6-13-3-2-8-18-12-13/h1-8,11-12,20H,9-10H2,(H,19,21)/b7-6+. The van der Waals surface area contributed by atoms with Gasteiger partial charge in [-0.25, -0.2) is 13.1 Å². The van der Waals surface area contributed by atoms with E-state index in [4.69, 9.17) is 11.6 Å². The molecule has 0 atom stereocenters. The Morgan fingerprint density at radius 3 is 2.75 bits per heavy atom. The highest BCUT2D eigenvalue weighted by atomic mass is 35.5. The molecule has 1 aromatic carbocycles. The van der Waals surface area contributed by atoms with Crippen LogP contribution < -0.4 is 10.0 Å². The monoisotopic (exact) mass is 365 g/mol. The average Bonchev–Trinajstić information content (AvgIpc) is 2.58. The molecule has 1 amide bonds. The normalized spacial score (nSPS) is 11.5. The fourth-order valence-electron chi connectivity index (χ4n) is 1.79. The van der Waals surface area contributed by atoms with Crippen molar-refractivity contribution in [3.05, 3.63) is 65.5 Å². The summed E-state index contributed by atoms with van der Waals surface area (Å²) in [6.45, 7) is 0.233. The molecule has 0 saturated carbocycles. The third kappa shape index (κ3) is 5.77. The molecule has 0 saturated heterocycles. The maximum absolute atomic E-state index is 12.0. The van der Waals surface area contributed by atoms with Crippen molar-refractivity contribution in [2.24, 2.45) is 0 Å². The lowest BCUT2D eigenvalue weighted by Crippen LogP contribution is -2.34. The van der Waals surface area contributed by atoms with Gasteiger partial charge in [0, 0.05) is 36.6 Å². The van der Waals surface area contributed by atoms with Gasteiger partial charge in [0.05, 0.1) is 4.90 Å². The van der Waals surface area contributed by atoms with Crippen LogP contribution in [-0.2, 0) is 14.8 Å². The van der Waals surface area contributed by atoms with E-state index in [0.717, 1.165) is 5.56 Å². The van der Waals surface area contributed by atoms with Crippen LogP contribution in [0.1, 0.15) is 5.56 Å². The Labute approximate surface area is 145 Å². The Balaban J connectivity index is 1.78. The molecule has 0 bridgehead atoms. The predicted octanol–water partition coefficient (Wildman–Crippen LogP) is 1.84. The van der Waals surface area contributed by atoms with E-state index in [1.54, 1.807) is 36.7 Å². The zero-order chi connectivity index (χ0) is 17.4. The maximum Gasteiger partial charge on any atom is 0.244 e. The number of benzene rings is 1. The maximum atomic E-state index is 12.0. The topological polar surface area (TPSA) is 88.2 Å². The largest absolute Gasteiger partial charge is 0.351 e. The summed E-state index contributed by atoms with van der Waals surface area (Å²) >= 11 is 5.78. The first-order valence-corrected chi connectivity index (χ1v) is 8.95. The van der Waals surface area contributed by atoms with E-state index in [-0.39, 0.29) is 23.9 Å². The summed E-state index contributed by atoms with van der Waals surface area (Å²) in [6, 6.07) is 9.54. The van der Waals surface area contributed by atoms with Gasteiger partial charge in [0.15, 0.2) is 0 Å². The lowest BCUT2D eigenvalue weighted by atomic mass is 10.2. The summed E-state index contributed by atoms with van der Waals surface area (Å²) in [5.41, 5.74) is 0.800. The molecule has 24 heavy (non-hydrogen) atoms. The number of halogens is 1. The van der Waals surface area contributed by atoms with Crippen LogP contribution in [0.5, 0.6) is 0 Å². The molecule has 2 aromatic rings. The number of rotatable bonds is 7. The van der Waals surface area contributed by atoms with Crippen LogP contribution in [0.2, 0.25) is 5.02 Å². The number of hydrogen-bond donors (Lipinski definition) is 2. The van der Waals surface area contributed by atoms with Gasteiger partial charge in [0.2, 0.25) is 15.9 Å². The summed E-state index contributed by atoms with van der Waals surface area (Å²) in [7, 11) is -3.65. The third-order valence-corrected chi connectivity index (χ3v) is 4.63. The summed E-state index contributed by atoms with van der Waals surface area (Å²) < 4.78 is 26.5. The molecule has 0 fully saturated rings. The number of pyridine rings is 1. The highest BCUT2D eigenvalue weighted by Crippen LogP contribution is 2.14. The van der Waals surface area contributed by atoms with Crippen LogP contribution in [0.25, 0.3) is 6.08 Å². The second-order valence-electron chi connectivity index (χ2n) is 4.77. The third-order valence-electron chi connectivity index (χ3n) is 2.93. The fourth-order valence-corrected chi connectivity index (χ4v) is 3.13. The second kappa shape index (κ2) is 8.58. The molecule has 0 aliphatic carbocycles. The molecular weight excluding hydrogens is 350 g/mol. The van der Waals surface area contributed by atoms with E-state index < -0.39 is 10.0 Å². The molecule has 2 rings (SSSR count). The number of amides is 1. The van der Waals surface area contributed by atoms with Gasteiger partial charge in [-0.3, -0.25) is 9.78 Å². The predicted molar refractivity (Wildman–Crippen MR) is 92.9 cm³/mol. The van der Waals surface area contributed by atoms with Gasteiger partial charge in [0.25, 0.3) is 0 Å². The minimum Gasteiger partial charge on any atom is -0.351 e. The Hall–Kier alpha value is -2.22. The zero-order valence-electron chi connectivity index (χ0n) is 12.6. The fraction of sp³-hybridized carbons (Fsp3) is 0.125. The van der Waals surface area contributed by atoms with Gasteiger partial charge in [-0.05, 0) is 35.9 Å². The molecule has 6 nitrogen and oxygen atoms in total. The second-order valence-corrected chi connectivity index (χ2v) is 6.97. The molecule has 1 aromatic heterocycles. The van der Waals surface area contributed by atoms with Crippen molar-refractivity contribution in [1.82, 2.24) is 15.0 Å². The van der Waals surface area contributed by atoms with Crippen molar-refractivity contribution in [3.63, 3.8) is 0 Å². The summed E-state index contributed by atoms with van der Waals surface area (Å²) in [4.78, 5) is 15.7. The number of aromatic nitrogens is 1. The summed E-state index contributed by atoms with van der Waals surface area (Å²) in [5, 5.41) is 2.93. The van der Waals surface area contributed by atoms with Gasteiger partial charge in [-0.15, -0.1) is 0 Å². The molecule has 8 heteroatoms. The number of carbonyl (C=O) groups is 1. The minimum atomic E-state index is -3.65. The van der Waals surface area contributed by atoms with Crippen LogP contribution in [0.15, 0.2) is 59.8 Å².